The topological polar surface area (TPSA) is 12.5 Å². The Hall–Kier alpha value is 0.210. The van der Waals surface area contributed by atoms with Gasteiger partial charge in [0.15, 0.2) is 0 Å². The molecule has 82 valence electrons. The third-order valence-corrected chi connectivity index (χ3v) is 3.69. The number of unbranched alkanes of at least 4 members (excludes halogenated alkanes) is 1. The van der Waals surface area contributed by atoms with Crippen LogP contribution < -0.4 is 0 Å². The molecule has 0 amide bonds. The fourth-order valence-electron chi connectivity index (χ4n) is 2.69. The summed E-state index contributed by atoms with van der Waals surface area (Å²) >= 11 is 5.69. The van der Waals surface area contributed by atoms with E-state index in [0.29, 0.717) is 6.10 Å². The summed E-state index contributed by atoms with van der Waals surface area (Å²) in [6.45, 7) is 3.28. The first-order valence-corrected chi connectivity index (χ1v) is 6.37. The van der Waals surface area contributed by atoms with Crippen LogP contribution in [0.5, 0.6) is 0 Å². The van der Waals surface area contributed by atoms with Crippen LogP contribution in [-0.4, -0.2) is 42.6 Å². The second-order valence-electron chi connectivity index (χ2n) is 4.34. The third-order valence-electron chi connectivity index (χ3n) is 3.43. The number of hydrogen-bond acceptors (Lipinski definition) is 2. The van der Waals surface area contributed by atoms with Gasteiger partial charge in [-0.3, -0.25) is 4.90 Å². The van der Waals surface area contributed by atoms with Crippen molar-refractivity contribution >= 4 is 11.6 Å². The summed E-state index contributed by atoms with van der Waals surface area (Å²) in [5.41, 5.74) is 0. The Labute approximate surface area is 91.6 Å². The molecular weight excluding hydrogens is 198 g/mol. The zero-order valence-electron chi connectivity index (χ0n) is 8.75. The van der Waals surface area contributed by atoms with Crippen molar-refractivity contribution in [3.8, 4) is 0 Å². The fraction of sp³-hybridized carbons (Fsp3) is 1.00. The van der Waals surface area contributed by atoms with Crippen molar-refractivity contribution in [3.05, 3.63) is 0 Å². The zero-order valence-corrected chi connectivity index (χ0v) is 9.51. The normalized spacial score (nSPS) is 33.2. The highest BCUT2D eigenvalue weighted by Crippen LogP contribution is 2.29. The number of nitrogens with zero attached hydrogens (tertiary/aromatic N) is 1. The van der Waals surface area contributed by atoms with Crippen LogP contribution in [0.4, 0.5) is 0 Å². The van der Waals surface area contributed by atoms with Gasteiger partial charge in [0.05, 0.1) is 12.7 Å². The van der Waals surface area contributed by atoms with E-state index in [1.165, 1.54) is 32.2 Å². The van der Waals surface area contributed by atoms with Crippen LogP contribution >= 0.6 is 11.6 Å². The first-order chi connectivity index (χ1) is 6.92. The second-order valence-corrected chi connectivity index (χ2v) is 4.72. The molecule has 2 aliphatic rings. The fourth-order valence-corrected chi connectivity index (χ4v) is 2.88. The number of hydrogen-bond donors (Lipinski definition) is 0. The summed E-state index contributed by atoms with van der Waals surface area (Å²) in [6.07, 6.45) is 6.90. The molecule has 1 saturated carbocycles. The predicted molar refractivity (Wildman–Crippen MR) is 58.9 cm³/mol. The Morgan fingerprint density at radius 2 is 2.21 bits per heavy atom. The number of ether oxygens (including phenoxy) is 1. The average Bonchev–Trinajstić information content (AvgIpc) is 2.67. The Kier molecular flexibility index (Phi) is 4.09. The Bertz CT molecular complexity index is 177. The van der Waals surface area contributed by atoms with E-state index >= 15 is 0 Å². The van der Waals surface area contributed by atoms with E-state index in [-0.39, 0.29) is 0 Å². The van der Waals surface area contributed by atoms with Crippen molar-refractivity contribution in [1.82, 2.24) is 4.90 Å². The molecule has 0 N–H and O–H groups in total. The summed E-state index contributed by atoms with van der Waals surface area (Å²) in [6, 6.07) is 0.721. The lowest BCUT2D eigenvalue weighted by Gasteiger charge is -2.37. The smallest absolute Gasteiger partial charge is 0.0730 e. The third kappa shape index (κ3) is 2.41. The molecule has 0 radical (unpaired) electrons. The molecule has 2 atom stereocenters. The monoisotopic (exact) mass is 217 g/mol. The molecule has 1 saturated heterocycles. The van der Waals surface area contributed by atoms with Gasteiger partial charge in [0.2, 0.25) is 0 Å². The van der Waals surface area contributed by atoms with Gasteiger partial charge in [-0.05, 0) is 38.6 Å². The summed E-state index contributed by atoms with van der Waals surface area (Å²) in [4.78, 5) is 2.62. The average molecular weight is 218 g/mol. The molecule has 2 fully saturated rings. The molecule has 0 aromatic carbocycles. The maximum atomic E-state index is 5.77. The molecule has 0 aromatic heterocycles. The summed E-state index contributed by atoms with van der Waals surface area (Å²) in [5.74, 6) is 0.804. The van der Waals surface area contributed by atoms with Crippen LogP contribution in [0.2, 0.25) is 0 Å². The molecule has 1 aliphatic heterocycles. The number of fused-ring (bicyclic) bond motifs is 1. The van der Waals surface area contributed by atoms with Gasteiger partial charge in [-0.2, -0.15) is 0 Å². The number of halogens is 1. The number of morpholine rings is 1. The lowest BCUT2D eigenvalue weighted by atomic mass is 10.1. The van der Waals surface area contributed by atoms with Crippen LogP contribution in [0.1, 0.15) is 32.1 Å². The van der Waals surface area contributed by atoms with Gasteiger partial charge >= 0.3 is 0 Å². The van der Waals surface area contributed by atoms with Gasteiger partial charge < -0.3 is 4.74 Å². The highest BCUT2D eigenvalue weighted by atomic mass is 35.5. The van der Waals surface area contributed by atoms with Crippen LogP contribution in [0.25, 0.3) is 0 Å². The maximum absolute atomic E-state index is 5.77. The maximum Gasteiger partial charge on any atom is 0.0730 e. The van der Waals surface area contributed by atoms with Crippen molar-refractivity contribution in [3.63, 3.8) is 0 Å². The summed E-state index contributed by atoms with van der Waals surface area (Å²) in [5, 5.41) is 0. The molecule has 14 heavy (non-hydrogen) atoms. The molecule has 0 aromatic rings. The van der Waals surface area contributed by atoms with E-state index in [4.69, 9.17) is 16.3 Å². The summed E-state index contributed by atoms with van der Waals surface area (Å²) < 4.78 is 5.77. The Morgan fingerprint density at radius 1 is 1.29 bits per heavy atom. The first kappa shape index (κ1) is 10.7. The van der Waals surface area contributed by atoms with Crippen molar-refractivity contribution in [2.24, 2.45) is 0 Å². The molecule has 1 heterocycles. The van der Waals surface area contributed by atoms with Crippen molar-refractivity contribution < 1.29 is 4.74 Å². The molecule has 1 aliphatic carbocycles. The largest absolute Gasteiger partial charge is 0.375 e. The first-order valence-electron chi connectivity index (χ1n) is 5.83. The van der Waals surface area contributed by atoms with E-state index in [9.17, 15) is 0 Å². The molecule has 2 unspecified atom stereocenters. The minimum absolute atomic E-state index is 0.541. The lowest BCUT2D eigenvalue weighted by molar-refractivity contribution is -0.0557. The quantitative estimate of drug-likeness (QED) is 0.529. The van der Waals surface area contributed by atoms with E-state index in [1.807, 2.05) is 0 Å². The van der Waals surface area contributed by atoms with Gasteiger partial charge in [-0.15, -0.1) is 11.6 Å². The predicted octanol–water partition coefficient (Wildman–Crippen LogP) is 2.26. The molecule has 0 bridgehead atoms. The minimum Gasteiger partial charge on any atom is -0.375 e. The minimum atomic E-state index is 0.541. The molecule has 2 nitrogen and oxygen atoms in total. The molecular formula is C11H20ClNO. The standard InChI is InChI=1S/C11H20ClNO/c12-6-1-2-7-13-8-9-14-11-5-3-4-10(11)13/h10-11H,1-9H2. The number of alkyl halides is 1. The van der Waals surface area contributed by atoms with Crippen molar-refractivity contribution in [2.75, 3.05) is 25.6 Å². The zero-order chi connectivity index (χ0) is 9.80. The van der Waals surface area contributed by atoms with Crippen LogP contribution in [0.15, 0.2) is 0 Å². The van der Waals surface area contributed by atoms with E-state index in [2.05, 4.69) is 4.90 Å². The summed E-state index contributed by atoms with van der Waals surface area (Å²) in [7, 11) is 0. The molecule has 0 spiro atoms. The van der Waals surface area contributed by atoms with Gasteiger partial charge in [0.25, 0.3) is 0 Å². The second kappa shape index (κ2) is 5.34. The van der Waals surface area contributed by atoms with Gasteiger partial charge in [-0.25, -0.2) is 0 Å². The Morgan fingerprint density at radius 3 is 3.07 bits per heavy atom. The van der Waals surface area contributed by atoms with E-state index < -0.39 is 0 Å². The highest BCUT2D eigenvalue weighted by molar-refractivity contribution is 6.17. The Balaban J connectivity index is 1.78. The van der Waals surface area contributed by atoms with Gasteiger partial charge in [-0.1, -0.05) is 0 Å². The van der Waals surface area contributed by atoms with E-state index in [0.717, 1.165) is 31.5 Å². The van der Waals surface area contributed by atoms with Crippen molar-refractivity contribution in [1.29, 1.82) is 0 Å². The van der Waals surface area contributed by atoms with Gasteiger partial charge in [0.1, 0.15) is 0 Å². The highest BCUT2D eigenvalue weighted by Gasteiger charge is 2.35. The van der Waals surface area contributed by atoms with Crippen molar-refractivity contribution in [2.45, 2.75) is 44.2 Å². The van der Waals surface area contributed by atoms with E-state index in [1.54, 1.807) is 0 Å². The SMILES string of the molecule is ClCCCCN1CCOC2CCCC21. The molecule has 3 heteroatoms. The van der Waals surface area contributed by atoms with Gasteiger partial charge in [0, 0.05) is 18.5 Å². The lowest BCUT2D eigenvalue weighted by Crippen LogP contribution is -2.48. The van der Waals surface area contributed by atoms with Crippen LogP contribution in [0.3, 0.4) is 0 Å². The number of rotatable bonds is 4. The van der Waals surface area contributed by atoms with Crippen LogP contribution in [-0.2, 0) is 4.74 Å². The molecule has 2 rings (SSSR count). The van der Waals surface area contributed by atoms with Crippen LogP contribution in [0, 0.1) is 0 Å².